The second-order valence-electron chi connectivity index (χ2n) is 11.6. The smallest absolute Gasteiger partial charge is 0.220 e. The highest BCUT2D eigenvalue weighted by Gasteiger charge is 2.17. The number of nitrogens with one attached hydrogen (secondary N) is 1. The molecule has 0 bridgehead atoms. The van der Waals surface area contributed by atoms with Crippen molar-refractivity contribution < 1.29 is 15.0 Å². The summed E-state index contributed by atoms with van der Waals surface area (Å²) in [5, 5.41) is 22.8. The van der Waals surface area contributed by atoms with Gasteiger partial charge in [0.15, 0.2) is 0 Å². The van der Waals surface area contributed by atoms with Crippen molar-refractivity contribution in [1.82, 2.24) is 5.32 Å². The molecule has 4 heteroatoms. The molecule has 2 unspecified atom stereocenters. The molecule has 2 atom stereocenters. The van der Waals surface area contributed by atoms with Crippen molar-refractivity contribution in [2.75, 3.05) is 6.61 Å². The largest absolute Gasteiger partial charge is 0.394 e. The average molecular weight is 586 g/mol. The zero-order valence-corrected chi connectivity index (χ0v) is 27.5. The van der Waals surface area contributed by atoms with E-state index in [2.05, 4.69) is 67.8 Å². The van der Waals surface area contributed by atoms with Gasteiger partial charge in [0, 0.05) is 6.42 Å². The minimum Gasteiger partial charge on any atom is -0.394 e. The van der Waals surface area contributed by atoms with E-state index in [1.54, 1.807) is 6.08 Å². The van der Waals surface area contributed by atoms with E-state index >= 15 is 0 Å². The topological polar surface area (TPSA) is 69.6 Å². The summed E-state index contributed by atoms with van der Waals surface area (Å²) in [7, 11) is 0. The molecule has 0 saturated carbocycles. The fourth-order valence-corrected chi connectivity index (χ4v) is 4.81. The Hall–Kier alpha value is -1.91. The lowest BCUT2D eigenvalue weighted by Crippen LogP contribution is -2.45. The zero-order valence-electron chi connectivity index (χ0n) is 27.5. The lowest BCUT2D eigenvalue weighted by Gasteiger charge is -2.20. The van der Waals surface area contributed by atoms with E-state index < -0.39 is 12.1 Å². The Bertz CT molecular complexity index is 722. The Kier molecular flexibility index (Phi) is 32.1. The quantitative estimate of drug-likeness (QED) is 0.0580. The van der Waals surface area contributed by atoms with Gasteiger partial charge in [-0.3, -0.25) is 4.79 Å². The number of allylic oxidation sites excluding steroid dienone is 9. The molecule has 0 aliphatic carbocycles. The third-order valence-corrected chi connectivity index (χ3v) is 7.51. The second kappa shape index (κ2) is 33.6. The molecule has 0 spiro atoms. The summed E-state index contributed by atoms with van der Waals surface area (Å²) in [6, 6.07) is -0.635. The minimum absolute atomic E-state index is 0.0918. The number of unbranched alkanes of at least 4 members (excludes halogenated alkanes) is 15. The molecular formula is C38H67NO3. The molecule has 0 rings (SSSR count). The SMILES string of the molecule is CC/C=C\C/C=C\C/C=C\C/C=C\CCCCCCC(=O)NC(CO)C(O)/C=C/CCCCCCCCCCCCC. The first-order valence-electron chi connectivity index (χ1n) is 17.5. The maximum Gasteiger partial charge on any atom is 0.220 e. The fourth-order valence-electron chi connectivity index (χ4n) is 4.81. The van der Waals surface area contributed by atoms with Crippen LogP contribution in [0.2, 0.25) is 0 Å². The summed E-state index contributed by atoms with van der Waals surface area (Å²) in [4.78, 5) is 12.3. The van der Waals surface area contributed by atoms with Crippen LogP contribution in [0.3, 0.4) is 0 Å². The van der Waals surface area contributed by atoms with Gasteiger partial charge in [-0.15, -0.1) is 0 Å². The Labute approximate surface area is 260 Å². The zero-order chi connectivity index (χ0) is 30.8. The Morgan fingerprint density at radius 1 is 0.595 bits per heavy atom. The van der Waals surface area contributed by atoms with Crippen LogP contribution in [-0.2, 0) is 4.79 Å². The Morgan fingerprint density at radius 3 is 1.57 bits per heavy atom. The monoisotopic (exact) mass is 586 g/mol. The maximum absolute atomic E-state index is 12.3. The molecule has 3 N–H and O–H groups in total. The van der Waals surface area contributed by atoms with Crippen molar-refractivity contribution in [2.24, 2.45) is 0 Å². The maximum atomic E-state index is 12.3. The highest BCUT2D eigenvalue weighted by molar-refractivity contribution is 5.76. The molecule has 242 valence electrons. The van der Waals surface area contributed by atoms with Crippen LogP contribution in [0, 0.1) is 0 Å². The molecule has 0 saturated heterocycles. The number of carbonyl (C=O) groups excluding carboxylic acids is 1. The van der Waals surface area contributed by atoms with Crippen LogP contribution in [-0.4, -0.2) is 34.9 Å². The summed E-state index contributed by atoms with van der Waals surface area (Å²) in [6.45, 7) is 4.16. The molecule has 0 aromatic carbocycles. The van der Waals surface area contributed by atoms with E-state index in [-0.39, 0.29) is 12.5 Å². The van der Waals surface area contributed by atoms with E-state index in [1.165, 1.54) is 64.2 Å². The van der Waals surface area contributed by atoms with Gasteiger partial charge in [-0.1, -0.05) is 152 Å². The molecule has 0 radical (unpaired) electrons. The molecular weight excluding hydrogens is 518 g/mol. The number of amides is 1. The molecule has 1 amide bonds. The van der Waals surface area contributed by atoms with Crippen molar-refractivity contribution in [3.8, 4) is 0 Å². The van der Waals surface area contributed by atoms with E-state index in [9.17, 15) is 15.0 Å². The van der Waals surface area contributed by atoms with Crippen LogP contribution >= 0.6 is 0 Å². The van der Waals surface area contributed by atoms with Crippen LogP contribution in [0.4, 0.5) is 0 Å². The predicted octanol–water partition coefficient (Wildman–Crippen LogP) is 10.2. The fraction of sp³-hybridized carbons (Fsp3) is 0.711. The van der Waals surface area contributed by atoms with E-state index in [4.69, 9.17) is 0 Å². The van der Waals surface area contributed by atoms with Gasteiger partial charge in [0.25, 0.3) is 0 Å². The van der Waals surface area contributed by atoms with Crippen molar-refractivity contribution in [1.29, 1.82) is 0 Å². The minimum atomic E-state index is -0.849. The van der Waals surface area contributed by atoms with E-state index in [0.717, 1.165) is 70.6 Å². The molecule has 0 aliphatic heterocycles. The highest BCUT2D eigenvalue weighted by atomic mass is 16.3. The van der Waals surface area contributed by atoms with Gasteiger partial charge in [0.1, 0.15) is 0 Å². The average Bonchev–Trinajstić information content (AvgIpc) is 2.99. The molecule has 0 aromatic rings. The summed E-state index contributed by atoms with van der Waals surface area (Å²) in [6.07, 6.45) is 45.8. The first-order valence-corrected chi connectivity index (χ1v) is 17.5. The Balaban J connectivity index is 3.73. The van der Waals surface area contributed by atoms with Crippen molar-refractivity contribution in [2.45, 2.75) is 167 Å². The number of aliphatic hydroxyl groups excluding tert-OH is 2. The van der Waals surface area contributed by atoms with Crippen molar-refractivity contribution in [3.05, 3.63) is 60.8 Å². The number of carbonyl (C=O) groups is 1. The highest BCUT2D eigenvalue weighted by Crippen LogP contribution is 2.12. The lowest BCUT2D eigenvalue weighted by atomic mass is 10.0. The lowest BCUT2D eigenvalue weighted by molar-refractivity contribution is -0.123. The van der Waals surface area contributed by atoms with Crippen LogP contribution < -0.4 is 5.32 Å². The van der Waals surface area contributed by atoms with Crippen LogP contribution in [0.15, 0.2) is 60.8 Å². The standard InChI is InChI=1S/C38H67NO3/c1-3-5-7-9-11-13-15-17-18-19-20-22-24-26-28-30-32-34-38(42)39-36(35-40)37(41)33-31-29-27-25-23-21-16-14-12-10-8-6-4-2/h5,7,11,13,17-18,20,22,31,33,36-37,40-41H,3-4,6,8-10,12,14-16,19,21,23-30,32,34-35H2,1-2H3,(H,39,42)/b7-5-,13-11-,18-17-,22-20-,33-31+. The second-order valence-corrected chi connectivity index (χ2v) is 11.6. The van der Waals surface area contributed by atoms with Gasteiger partial charge < -0.3 is 15.5 Å². The van der Waals surface area contributed by atoms with Gasteiger partial charge in [-0.05, 0) is 57.8 Å². The third-order valence-electron chi connectivity index (χ3n) is 7.51. The first-order chi connectivity index (χ1) is 20.7. The Morgan fingerprint density at radius 2 is 1.05 bits per heavy atom. The van der Waals surface area contributed by atoms with Gasteiger partial charge in [-0.2, -0.15) is 0 Å². The van der Waals surface area contributed by atoms with Gasteiger partial charge in [-0.25, -0.2) is 0 Å². The van der Waals surface area contributed by atoms with Gasteiger partial charge in [0.2, 0.25) is 5.91 Å². The molecule has 42 heavy (non-hydrogen) atoms. The van der Waals surface area contributed by atoms with Gasteiger partial charge >= 0.3 is 0 Å². The third kappa shape index (κ3) is 29.6. The number of hydrogen-bond donors (Lipinski definition) is 3. The number of hydrogen-bond acceptors (Lipinski definition) is 3. The normalized spacial score (nSPS) is 13.9. The molecule has 0 aliphatic rings. The van der Waals surface area contributed by atoms with Crippen LogP contribution in [0.1, 0.15) is 155 Å². The molecule has 0 heterocycles. The molecule has 0 fully saturated rings. The number of aliphatic hydroxyl groups is 2. The van der Waals surface area contributed by atoms with E-state index in [0.29, 0.717) is 6.42 Å². The van der Waals surface area contributed by atoms with Crippen LogP contribution in [0.5, 0.6) is 0 Å². The first kappa shape index (κ1) is 40.1. The summed E-state index contributed by atoms with van der Waals surface area (Å²) in [5.41, 5.74) is 0. The van der Waals surface area contributed by atoms with Crippen molar-refractivity contribution >= 4 is 5.91 Å². The van der Waals surface area contributed by atoms with Gasteiger partial charge in [0.05, 0.1) is 18.8 Å². The predicted molar refractivity (Wildman–Crippen MR) is 184 cm³/mol. The summed E-state index contributed by atoms with van der Waals surface area (Å²) >= 11 is 0. The number of rotatable bonds is 30. The molecule has 4 nitrogen and oxygen atoms in total. The summed E-state index contributed by atoms with van der Waals surface area (Å²) < 4.78 is 0. The van der Waals surface area contributed by atoms with Crippen molar-refractivity contribution in [3.63, 3.8) is 0 Å². The molecule has 0 aromatic heterocycles. The van der Waals surface area contributed by atoms with Crippen LogP contribution in [0.25, 0.3) is 0 Å². The van der Waals surface area contributed by atoms with E-state index in [1.807, 2.05) is 6.08 Å². The summed E-state index contributed by atoms with van der Waals surface area (Å²) in [5.74, 6) is -0.0918.